The number of aliphatic carboxylic acids is 1. The van der Waals surface area contributed by atoms with Crippen LogP contribution in [0, 0.1) is 0 Å². The average molecular weight is 301 g/mol. The summed E-state index contributed by atoms with van der Waals surface area (Å²) < 4.78 is 5.80. The molecule has 1 fully saturated rings. The van der Waals surface area contributed by atoms with Gasteiger partial charge < -0.3 is 9.84 Å². The minimum Gasteiger partial charge on any atom is -0.480 e. The van der Waals surface area contributed by atoms with Gasteiger partial charge >= 0.3 is 5.97 Å². The Morgan fingerprint density at radius 2 is 1.90 bits per heavy atom. The van der Waals surface area contributed by atoms with Crippen LogP contribution in [0.4, 0.5) is 0 Å². The van der Waals surface area contributed by atoms with Crippen molar-refractivity contribution in [3.8, 4) is 11.5 Å². The molecular weight excluding hydrogens is 286 g/mol. The van der Waals surface area contributed by atoms with E-state index in [1.165, 1.54) is 0 Å². The number of carboxylic acid groups (broad SMARTS) is 1. The lowest BCUT2D eigenvalue weighted by Crippen LogP contribution is -2.33. The highest BCUT2D eigenvalue weighted by Crippen LogP contribution is 2.34. The number of hydrogen-bond acceptors (Lipinski definition) is 4. The van der Waals surface area contributed by atoms with Crippen molar-refractivity contribution in [3.05, 3.63) is 60.2 Å². The van der Waals surface area contributed by atoms with Gasteiger partial charge in [0.2, 0.25) is 0 Å². The number of thioether (sulfide) groups is 1. The molecule has 1 saturated heterocycles. The molecule has 1 aliphatic rings. The third-order valence-corrected chi connectivity index (χ3v) is 4.49. The van der Waals surface area contributed by atoms with Gasteiger partial charge in [-0.3, -0.25) is 10.1 Å². The fourth-order valence-electron chi connectivity index (χ4n) is 2.17. The third-order valence-electron chi connectivity index (χ3n) is 3.22. The molecule has 0 unspecified atom stereocenters. The van der Waals surface area contributed by atoms with E-state index in [1.807, 2.05) is 54.6 Å². The second-order valence-electron chi connectivity index (χ2n) is 4.76. The number of para-hydroxylation sites is 1. The summed E-state index contributed by atoms with van der Waals surface area (Å²) in [6.07, 6.45) is 0. The summed E-state index contributed by atoms with van der Waals surface area (Å²) in [5.41, 5.74) is 1.03. The van der Waals surface area contributed by atoms with E-state index < -0.39 is 12.0 Å². The molecule has 0 bridgehead atoms. The molecule has 108 valence electrons. The molecule has 4 nitrogen and oxygen atoms in total. The highest BCUT2D eigenvalue weighted by molar-refractivity contribution is 7.99. The standard InChI is InChI=1S/C16H15NO3S/c18-16(19)14-10-21-15(17-14)11-5-4-8-13(9-11)20-12-6-2-1-3-7-12/h1-9,14-15,17H,10H2,(H,18,19)/t14-,15-/m0/s1. The Balaban J connectivity index is 1.73. The van der Waals surface area contributed by atoms with Gasteiger partial charge in [0.05, 0.1) is 5.37 Å². The van der Waals surface area contributed by atoms with Gasteiger partial charge in [0, 0.05) is 5.75 Å². The summed E-state index contributed by atoms with van der Waals surface area (Å²) in [5, 5.41) is 12.1. The molecule has 2 atom stereocenters. The summed E-state index contributed by atoms with van der Waals surface area (Å²) in [4.78, 5) is 11.0. The first-order valence-corrected chi connectivity index (χ1v) is 7.70. The molecule has 2 aromatic rings. The quantitative estimate of drug-likeness (QED) is 0.907. The van der Waals surface area contributed by atoms with Crippen LogP contribution in [0.5, 0.6) is 11.5 Å². The Morgan fingerprint density at radius 3 is 2.62 bits per heavy atom. The zero-order valence-electron chi connectivity index (χ0n) is 11.2. The molecule has 0 amide bonds. The molecule has 1 heterocycles. The number of rotatable bonds is 4. The van der Waals surface area contributed by atoms with Crippen LogP contribution in [-0.2, 0) is 4.79 Å². The van der Waals surface area contributed by atoms with Crippen molar-refractivity contribution in [2.24, 2.45) is 0 Å². The Morgan fingerprint density at radius 1 is 1.14 bits per heavy atom. The second kappa shape index (κ2) is 6.20. The molecule has 5 heteroatoms. The first-order chi connectivity index (χ1) is 10.2. The van der Waals surface area contributed by atoms with E-state index in [9.17, 15) is 4.79 Å². The van der Waals surface area contributed by atoms with Crippen molar-refractivity contribution in [3.63, 3.8) is 0 Å². The van der Waals surface area contributed by atoms with Gasteiger partial charge in [-0.25, -0.2) is 0 Å². The average Bonchev–Trinajstić information content (AvgIpc) is 2.99. The first kappa shape index (κ1) is 14.0. The first-order valence-electron chi connectivity index (χ1n) is 6.66. The SMILES string of the molecule is O=C(O)[C@@H]1CS[C@@H](c2cccc(Oc3ccccc3)c2)N1. The summed E-state index contributed by atoms with van der Waals surface area (Å²) in [7, 11) is 0. The fourth-order valence-corrected chi connectivity index (χ4v) is 3.40. The lowest BCUT2D eigenvalue weighted by Gasteiger charge is -2.13. The van der Waals surface area contributed by atoms with E-state index in [0.29, 0.717) is 5.75 Å². The van der Waals surface area contributed by atoms with Gasteiger partial charge in [-0.15, -0.1) is 11.8 Å². The Labute approximate surface area is 127 Å². The van der Waals surface area contributed by atoms with Crippen molar-refractivity contribution in [2.75, 3.05) is 5.75 Å². The molecule has 2 aromatic carbocycles. The molecular formula is C16H15NO3S. The van der Waals surface area contributed by atoms with Gasteiger partial charge in [-0.05, 0) is 29.8 Å². The third kappa shape index (κ3) is 3.37. The summed E-state index contributed by atoms with van der Waals surface area (Å²) >= 11 is 1.60. The van der Waals surface area contributed by atoms with E-state index in [0.717, 1.165) is 17.1 Å². The van der Waals surface area contributed by atoms with Crippen molar-refractivity contribution >= 4 is 17.7 Å². The number of nitrogens with one attached hydrogen (secondary N) is 1. The van der Waals surface area contributed by atoms with Gasteiger partial charge in [-0.2, -0.15) is 0 Å². The highest BCUT2D eigenvalue weighted by Gasteiger charge is 2.30. The Kier molecular flexibility index (Phi) is 4.13. The van der Waals surface area contributed by atoms with E-state index in [1.54, 1.807) is 11.8 Å². The molecule has 21 heavy (non-hydrogen) atoms. The molecule has 1 aliphatic heterocycles. The van der Waals surface area contributed by atoms with Crippen LogP contribution in [-0.4, -0.2) is 22.9 Å². The Hall–Kier alpha value is -1.98. The molecule has 0 spiro atoms. The minimum atomic E-state index is -0.804. The van der Waals surface area contributed by atoms with Crippen molar-refractivity contribution in [2.45, 2.75) is 11.4 Å². The Bertz CT molecular complexity index is 632. The van der Waals surface area contributed by atoms with Crippen LogP contribution in [0.3, 0.4) is 0 Å². The zero-order valence-corrected chi connectivity index (χ0v) is 12.0. The van der Waals surface area contributed by atoms with E-state index in [2.05, 4.69) is 5.32 Å². The van der Waals surface area contributed by atoms with Crippen molar-refractivity contribution < 1.29 is 14.6 Å². The number of carboxylic acids is 1. The predicted molar refractivity (Wildman–Crippen MR) is 82.7 cm³/mol. The number of hydrogen-bond donors (Lipinski definition) is 2. The lowest BCUT2D eigenvalue weighted by atomic mass is 10.2. The molecule has 0 saturated carbocycles. The number of benzene rings is 2. The maximum atomic E-state index is 11.0. The maximum absolute atomic E-state index is 11.0. The van der Waals surface area contributed by atoms with Gasteiger partial charge in [0.15, 0.2) is 0 Å². The molecule has 0 aliphatic carbocycles. The lowest BCUT2D eigenvalue weighted by molar-refractivity contribution is -0.138. The second-order valence-corrected chi connectivity index (χ2v) is 5.90. The van der Waals surface area contributed by atoms with Crippen LogP contribution < -0.4 is 10.1 Å². The monoisotopic (exact) mass is 301 g/mol. The zero-order chi connectivity index (χ0) is 14.7. The number of ether oxygens (including phenoxy) is 1. The van der Waals surface area contributed by atoms with Gasteiger partial charge in [-0.1, -0.05) is 30.3 Å². The van der Waals surface area contributed by atoms with Crippen molar-refractivity contribution in [1.29, 1.82) is 0 Å². The normalized spacial score (nSPS) is 21.1. The van der Waals surface area contributed by atoms with Crippen LogP contribution in [0.25, 0.3) is 0 Å². The summed E-state index contributed by atoms with van der Waals surface area (Å²) in [6.45, 7) is 0. The molecule has 0 aromatic heterocycles. The summed E-state index contributed by atoms with van der Waals surface area (Å²) in [6, 6.07) is 16.8. The van der Waals surface area contributed by atoms with Crippen LogP contribution >= 0.6 is 11.8 Å². The van der Waals surface area contributed by atoms with E-state index >= 15 is 0 Å². The fraction of sp³-hybridized carbons (Fsp3) is 0.188. The van der Waals surface area contributed by atoms with Crippen LogP contribution in [0.15, 0.2) is 54.6 Å². The van der Waals surface area contributed by atoms with Gasteiger partial charge in [0.25, 0.3) is 0 Å². The van der Waals surface area contributed by atoms with E-state index in [-0.39, 0.29) is 5.37 Å². The van der Waals surface area contributed by atoms with Gasteiger partial charge in [0.1, 0.15) is 17.5 Å². The summed E-state index contributed by atoms with van der Waals surface area (Å²) in [5.74, 6) is 1.30. The minimum absolute atomic E-state index is 0.00887. The van der Waals surface area contributed by atoms with Crippen LogP contribution in [0.2, 0.25) is 0 Å². The number of carbonyl (C=O) groups is 1. The maximum Gasteiger partial charge on any atom is 0.321 e. The topological polar surface area (TPSA) is 58.6 Å². The van der Waals surface area contributed by atoms with E-state index in [4.69, 9.17) is 9.84 Å². The predicted octanol–water partition coefficient (Wildman–Crippen LogP) is 3.27. The molecule has 3 rings (SSSR count). The largest absolute Gasteiger partial charge is 0.480 e. The smallest absolute Gasteiger partial charge is 0.321 e. The molecule has 0 radical (unpaired) electrons. The molecule has 2 N–H and O–H groups in total. The highest BCUT2D eigenvalue weighted by atomic mass is 32.2. The van der Waals surface area contributed by atoms with Crippen molar-refractivity contribution in [1.82, 2.24) is 5.32 Å². The van der Waals surface area contributed by atoms with Crippen LogP contribution in [0.1, 0.15) is 10.9 Å².